The number of pyridine rings is 1. The van der Waals surface area contributed by atoms with E-state index in [1.165, 1.54) is 12.3 Å². The van der Waals surface area contributed by atoms with Gasteiger partial charge in [0.05, 0.1) is 17.8 Å². The predicted octanol–water partition coefficient (Wildman–Crippen LogP) is 2.39. The summed E-state index contributed by atoms with van der Waals surface area (Å²) in [4.78, 5) is 31.1. The number of nitrogens with one attached hydrogen (secondary N) is 1. The van der Waals surface area contributed by atoms with E-state index in [2.05, 4.69) is 9.88 Å². The first kappa shape index (κ1) is 17.4. The number of H-pyrrole nitrogens is 1. The van der Waals surface area contributed by atoms with Gasteiger partial charge in [-0.15, -0.1) is 0 Å². The van der Waals surface area contributed by atoms with Gasteiger partial charge in [-0.2, -0.15) is 0 Å². The first-order valence-corrected chi connectivity index (χ1v) is 8.46. The molecular formula is C18H20ClN3O3. The molecule has 0 radical (unpaired) electrons. The molecular weight excluding hydrogens is 342 g/mol. The Morgan fingerprint density at radius 1 is 1.32 bits per heavy atom. The third-order valence-corrected chi connectivity index (χ3v) is 4.63. The van der Waals surface area contributed by atoms with Gasteiger partial charge in [-0.25, -0.2) is 0 Å². The minimum absolute atomic E-state index is 0.0513. The van der Waals surface area contributed by atoms with Gasteiger partial charge in [0.1, 0.15) is 11.3 Å². The minimum Gasteiger partial charge on any atom is -0.495 e. The first-order chi connectivity index (χ1) is 12.0. The number of hydrogen-bond acceptors (Lipinski definition) is 4. The Labute approximate surface area is 151 Å². The number of anilines is 1. The molecule has 1 N–H and O–H groups in total. The van der Waals surface area contributed by atoms with Gasteiger partial charge in [0.2, 0.25) is 0 Å². The quantitative estimate of drug-likeness (QED) is 0.911. The lowest BCUT2D eigenvalue weighted by atomic mass is 10.1. The second-order valence-electron chi connectivity index (χ2n) is 6.03. The number of hydrogen-bond donors (Lipinski definition) is 1. The largest absolute Gasteiger partial charge is 0.495 e. The number of nitrogens with zero attached hydrogens (tertiary/aromatic N) is 2. The summed E-state index contributed by atoms with van der Waals surface area (Å²) in [5, 5.41) is 0.336. The number of amides is 1. The number of para-hydroxylation sites is 2. The second-order valence-corrected chi connectivity index (χ2v) is 6.46. The van der Waals surface area contributed by atoms with Crippen LogP contribution in [0.2, 0.25) is 5.02 Å². The van der Waals surface area contributed by atoms with Crippen molar-refractivity contribution < 1.29 is 9.53 Å². The van der Waals surface area contributed by atoms with Crippen LogP contribution in [0.25, 0.3) is 0 Å². The Bertz CT molecular complexity index is 836. The fourth-order valence-corrected chi connectivity index (χ4v) is 3.30. The first-order valence-electron chi connectivity index (χ1n) is 8.08. The average Bonchev–Trinajstić information content (AvgIpc) is 2.63. The molecule has 25 heavy (non-hydrogen) atoms. The summed E-state index contributed by atoms with van der Waals surface area (Å²) in [7, 11) is 1.65. The molecule has 1 aliphatic heterocycles. The molecule has 1 aromatic heterocycles. The van der Waals surface area contributed by atoms with Gasteiger partial charge >= 0.3 is 0 Å². The van der Waals surface area contributed by atoms with Crippen molar-refractivity contribution in [1.29, 1.82) is 0 Å². The predicted molar refractivity (Wildman–Crippen MR) is 97.8 cm³/mol. The van der Waals surface area contributed by atoms with Gasteiger partial charge in [0.25, 0.3) is 11.5 Å². The number of benzene rings is 1. The van der Waals surface area contributed by atoms with Crippen LogP contribution in [0, 0.1) is 0 Å². The molecule has 0 aliphatic carbocycles. The molecule has 7 heteroatoms. The average molecular weight is 362 g/mol. The maximum absolute atomic E-state index is 12.8. The van der Waals surface area contributed by atoms with Crippen molar-refractivity contribution >= 4 is 23.2 Å². The maximum atomic E-state index is 12.8. The van der Waals surface area contributed by atoms with E-state index in [-0.39, 0.29) is 17.5 Å². The van der Waals surface area contributed by atoms with Crippen molar-refractivity contribution in [2.24, 2.45) is 0 Å². The molecule has 0 unspecified atom stereocenters. The molecule has 0 spiro atoms. The van der Waals surface area contributed by atoms with E-state index in [9.17, 15) is 9.59 Å². The smallest absolute Gasteiger partial charge is 0.260 e. The Hall–Kier alpha value is -2.47. The molecule has 1 aromatic carbocycles. The van der Waals surface area contributed by atoms with E-state index < -0.39 is 5.56 Å². The third kappa shape index (κ3) is 3.49. The van der Waals surface area contributed by atoms with Crippen LogP contribution in [0.15, 0.2) is 41.3 Å². The lowest BCUT2D eigenvalue weighted by molar-refractivity contribution is 0.0672. The monoisotopic (exact) mass is 361 g/mol. The van der Waals surface area contributed by atoms with Crippen LogP contribution in [-0.4, -0.2) is 48.6 Å². The van der Waals surface area contributed by atoms with Gasteiger partial charge in [-0.1, -0.05) is 23.7 Å². The molecule has 1 saturated heterocycles. The van der Waals surface area contributed by atoms with Gasteiger partial charge in [-0.3, -0.25) is 9.59 Å². The number of piperazine rings is 1. The fourth-order valence-electron chi connectivity index (χ4n) is 3.14. The number of aromatic nitrogens is 1. The Balaban J connectivity index is 1.79. The van der Waals surface area contributed by atoms with E-state index in [4.69, 9.17) is 16.3 Å². The lowest BCUT2D eigenvalue weighted by Crippen LogP contribution is -2.54. The van der Waals surface area contributed by atoms with E-state index in [0.29, 0.717) is 24.7 Å². The summed E-state index contributed by atoms with van der Waals surface area (Å²) in [6.45, 7) is 3.81. The van der Waals surface area contributed by atoms with Crippen molar-refractivity contribution in [3.05, 3.63) is 57.5 Å². The topological polar surface area (TPSA) is 65.6 Å². The zero-order valence-corrected chi connectivity index (χ0v) is 14.9. The molecule has 1 aliphatic rings. The van der Waals surface area contributed by atoms with Crippen molar-refractivity contribution in [3.63, 3.8) is 0 Å². The molecule has 1 atom stereocenters. The SMILES string of the molecule is COc1ccccc1N1CCN(C(=O)c2cc(Cl)c[nH]c2=O)[C@H](C)C1. The Kier molecular flexibility index (Phi) is 4.99. The summed E-state index contributed by atoms with van der Waals surface area (Å²) in [6.07, 6.45) is 1.38. The van der Waals surface area contributed by atoms with E-state index in [0.717, 1.165) is 11.4 Å². The van der Waals surface area contributed by atoms with Gasteiger partial charge in [0.15, 0.2) is 0 Å². The highest BCUT2D eigenvalue weighted by Crippen LogP contribution is 2.29. The standard InChI is InChI=1S/C18H20ClN3O3/c1-12-11-21(15-5-3-4-6-16(15)25-2)7-8-22(12)18(24)14-9-13(19)10-20-17(14)23/h3-6,9-10,12H,7-8,11H2,1-2H3,(H,20,23)/t12-/m1/s1. The molecule has 3 rings (SSSR count). The fraction of sp³-hybridized carbons (Fsp3) is 0.333. The number of rotatable bonds is 3. The van der Waals surface area contributed by atoms with Crippen LogP contribution in [-0.2, 0) is 0 Å². The number of halogens is 1. The Morgan fingerprint density at radius 2 is 2.08 bits per heavy atom. The molecule has 2 heterocycles. The summed E-state index contributed by atoms with van der Waals surface area (Å²) in [5.41, 5.74) is 0.656. The minimum atomic E-state index is -0.422. The Morgan fingerprint density at radius 3 is 2.80 bits per heavy atom. The number of methoxy groups -OCH3 is 1. The van der Waals surface area contributed by atoms with Crippen LogP contribution in [0.5, 0.6) is 5.75 Å². The van der Waals surface area contributed by atoms with E-state index in [1.807, 2.05) is 31.2 Å². The van der Waals surface area contributed by atoms with Crippen LogP contribution in [0.3, 0.4) is 0 Å². The highest BCUT2D eigenvalue weighted by atomic mass is 35.5. The molecule has 1 amide bonds. The zero-order valence-electron chi connectivity index (χ0n) is 14.2. The number of carbonyl (C=O) groups is 1. The van der Waals surface area contributed by atoms with E-state index in [1.54, 1.807) is 12.0 Å². The van der Waals surface area contributed by atoms with Crippen molar-refractivity contribution in [1.82, 2.24) is 9.88 Å². The van der Waals surface area contributed by atoms with Crippen LogP contribution >= 0.6 is 11.6 Å². The molecule has 1 fully saturated rings. The number of ether oxygens (including phenoxy) is 1. The summed E-state index contributed by atoms with van der Waals surface area (Å²) >= 11 is 5.91. The highest BCUT2D eigenvalue weighted by molar-refractivity contribution is 6.30. The van der Waals surface area contributed by atoms with Crippen molar-refractivity contribution in [3.8, 4) is 5.75 Å². The molecule has 6 nitrogen and oxygen atoms in total. The van der Waals surface area contributed by atoms with Crippen molar-refractivity contribution in [2.45, 2.75) is 13.0 Å². The number of aromatic amines is 1. The van der Waals surface area contributed by atoms with E-state index >= 15 is 0 Å². The maximum Gasteiger partial charge on any atom is 0.260 e. The lowest BCUT2D eigenvalue weighted by Gasteiger charge is -2.41. The summed E-state index contributed by atoms with van der Waals surface area (Å²) < 4.78 is 5.42. The van der Waals surface area contributed by atoms with Crippen LogP contribution < -0.4 is 15.2 Å². The zero-order chi connectivity index (χ0) is 18.0. The van der Waals surface area contributed by atoms with Crippen molar-refractivity contribution in [2.75, 3.05) is 31.6 Å². The highest BCUT2D eigenvalue weighted by Gasteiger charge is 2.30. The summed E-state index contributed by atoms with van der Waals surface area (Å²) in [5.74, 6) is 0.511. The molecule has 2 aromatic rings. The molecule has 132 valence electrons. The molecule has 0 saturated carbocycles. The van der Waals surface area contributed by atoms with Gasteiger partial charge in [0, 0.05) is 31.9 Å². The summed E-state index contributed by atoms with van der Waals surface area (Å²) in [6, 6.07) is 9.18. The van der Waals surface area contributed by atoms with Crippen LogP contribution in [0.1, 0.15) is 17.3 Å². The number of carbonyl (C=O) groups excluding carboxylic acids is 1. The van der Waals surface area contributed by atoms with Gasteiger partial charge in [-0.05, 0) is 25.1 Å². The second kappa shape index (κ2) is 7.19. The van der Waals surface area contributed by atoms with Gasteiger partial charge < -0.3 is 19.5 Å². The molecule has 0 bridgehead atoms. The third-order valence-electron chi connectivity index (χ3n) is 4.41. The normalized spacial score (nSPS) is 17.5. The van der Waals surface area contributed by atoms with Crippen LogP contribution in [0.4, 0.5) is 5.69 Å².